The van der Waals surface area contributed by atoms with Gasteiger partial charge in [-0.25, -0.2) is 0 Å². The summed E-state index contributed by atoms with van der Waals surface area (Å²) in [6, 6.07) is 9.03. The van der Waals surface area contributed by atoms with Gasteiger partial charge in [0, 0.05) is 13.2 Å². The highest BCUT2D eigenvalue weighted by Gasteiger charge is 2.06. The van der Waals surface area contributed by atoms with Crippen LogP contribution in [0.4, 0.5) is 5.69 Å². The van der Waals surface area contributed by atoms with E-state index in [1.807, 2.05) is 12.1 Å². The van der Waals surface area contributed by atoms with Crippen LogP contribution in [-0.2, 0) is 0 Å². The van der Waals surface area contributed by atoms with Crippen LogP contribution < -0.4 is 5.32 Å². The summed E-state index contributed by atoms with van der Waals surface area (Å²) in [6.45, 7) is 0.632. The van der Waals surface area contributed by atoms with E-state index in [2.05, 4.69) is 5.32 Å². The van der Waals surface area contributed by atoms with Gasteiger partial charge in [0.2, 0.25) is 0 Å². The molecule has 0 bridgehead atoms. The summed E-state index contributed by atoms with van der Waals surface area (Å²) < 4.78 is 0. The highest BCUT2D eigenvalue weighted by Crippen LogP contribution is 2.19. The van der Waals surface area contributed by atoms with Crippen molar-refractivity contribution >= 4 is 5.69 Å². The minimum atomic E-state index is 0.0869. The Balaban J connectivity index is 2.93. The van der Waals surface area contributed by atoms with Gasteiger partial charge in [-0.15, -0.1) is 0 Å². The van der Waals surface area contributed by atoms with Gasteiger partial charge in [0.05, 0.1) is 16.8 Å². The third-order valence-electron chi connectivity index (χ3n) is 1.94. The number of nitrogens with one attached hydrogen (secondary N) is 1. The van der Waals surface area contributed by atoms with Crippen molar-refractivity contribution in [2.45, 2.75) is 6.42 Å². The number of anilines is 1. The van der Waals surface area contributed by atoms with Crippen molar-refractivity contribution in [2.24, 2.45) is 0 Å². The molecule has 0 amide bonds. The van der Waals surface area contributed by atoms with E-state index in [4.69, 9.17) is 15.6 Å². The zero-order valence-corrected chi connectivity index (χ0v) is 8.20. The Morgan fingerprint density at radius 2 is 1.80 bits per heavy atom. The van der Waals surface area contributed by atoms with Crippen LogP contribution in [-0.4, -0.2) is 18.3 Å². The van der Waals surface area contributed by atoms with Gasteiger partial charge in [-0.3, -0.25) is 0 Å². The number of aliphatic hydroxyl groups is 1. The monoisotopic (exact) mass is 201 g/mol. The molecule has 0 unspecified atom stereocenters. The summed E-state index contributed by atoms with van der Waals surface area (Å²) >= 11 is 0. The Labute approximate surface area is 88.4 Å². The van der Waals surface area contributed by atoms with E-state index < -0.39 is 0 Å². The maximum absolute atomic E-state index is 8.85. The summed E-state index contributed by atoms with van der Waals surface area (Å²) in [6.07, 6.45) is 0.588. The van der Waals surface area contributed by atoms with Crippen molar-refractivity contribution in [1.82, 2.24) is 0 Å². The molecule has 0 aliphatic heterocycles. The second-order valence-corrected chi connectivity index (χ2v) is 2.96. The quantitative estimate of drug-likeness (QED) is 0.718. The fourth-order valence-corrected chi connectivity index (χ4v) is 1.22. The topological polar surface area (TPSA) is 79.8 Å². The molecule has 0 radical (unpaired) electrons. The first-order valence-electron chi connectivity index (χ1n) is 4.61. The van der Waals surface area contributed by atoms with Gasteiger partial charge >= 0.3 is 0 Å². The molecule has 0 aliphatic rings. The van der Waals surface area contributed by atoms with Crippen LogP contribution in [0.5, 0.6) is 0 Å². The zero-order valence-electron chi connectivity index (χ0n) is 8.20. The lowest BCUT2D eigenvalue weighted by molar-refractivity contribution is 0.292. The standard InChI is InChI=1S/C11H11N3O/c12-7-9-3-1-4-10(8-13)11(9)14-5-2-6-15/h1,3-4,14-15H,2,5-6H2. The van der Waals surface area contributed by atoms with Crippen molar-refractivity contribution in [3.8, 4) is 12.1 Å². The van der Waals surface area contributed by atoms with Crippen LogP contribution in [0, 0.1) is 22.7 Å². The molecular formula is C11H11N3O. The molecule has 0 fully saturated rings. The predicted octanol–water partition coefficient (Wildman–Crippen LogP) is 1.22. The average Bonchev–Trinajstić information content (AvgIpc) is 2.29. The fraction of sp³-hybridized carbons (Fsp3) is 0.273. The van der Waals surface area contributed by atoms with E-state index in [1.165, 1.54) is 0 Å². The third-order valence-corrected chi connectivity index (χ3v) is 1.94. The predicted molar refractivity (Wildman–Crippen MR) is 56.1 cm³/mol. The van der Waals surface area contributed by atoms with E-state index in [0.717, 1.165) is 0 Å². The highest BCUT2D eigenvalue weighted by atomic mass is 16.3. The van der Waals surface area contributed by atoms with Gasteiger partial charge in [-0.05, 0) is 18.6 Å². The first-order valence-corrected chi connectivity index (χ1v) is 4.61. The minimum Gasteiger partial charge on any atom is -0.396 e. The zero-order chi connectivity index (χ0) is 11.1. The maximum atomic E-state index is 8.85. The van der Waals surface area contributed by atoms with Crippen molar-refractivity contribution in [2.75, 3.05) is 18.5 Å². The third kappa shape index (κ3) is 2.70. The molecule has 4 nitrogen and oxygen atoms in total. The van der Waals surface area contributed by atoms with Gasteiger partial charge in [-0.1, -0.05) is 6.07 Å². The SMILES string of the molecule is N#Cc1cccc(C#N)c1NCCCO. The van der Waals surface area contributed by atoms with E-state index >= 15 is 0 Å². The number of nitriles is 2. The minimum absolute atomic E-state index is 0.0869. The van der Waals surface area contributed by atoms with E-state index in [9.17, 15) is 0 Å². The lowest BCUT2D eigenvalue weighted by Crippen LogP contribution is -2.06. The Kier molecular flexibility index (Phi) is 4.15. The summed E-state index contributed by atoms with van der Waals surface area (Å²) in [7, 11) is 0. The number of para-hydroxylation sites is 1. The first kappa shape index (κ1) is 11.0. The molecule has 15 heavy (non-hydrogen) atoms. The lowest BCUT2D eigenvalue weighted by atomic mass is 10.1. The molecule has 0 saturated carbocycles. The van der Waals surface area contributed by atoms with Gasteiger partial charge in [0.25, 0.3) is 0 Å². The second kappa shape index (κ2) is 5.64. The molecule has 4 heteroatoms. The van der Waals surface area contributed by atoms with Crippen LogP contribution in [0.3, 0.4) is 0 Å². The Morgan fingerprint density at radius 3 is 2.27 bits per heavy atom. The normalized spacial score (nSPS) is 9.00. The van der Waals surface area contributed by atoms with Crippen LogP contribution in [0.15, 0.2) is 18.2 Å². The molecule has 0 saturated heterocycles. The molecule has 1 aromatic carbocycles. The number of nitrogens with zero attached hydrogens (tertiary/aromatic N) is 2. The number of rotatable bonds is 4. The van der Waals surface area contributed by atoms with Crippen LogP contribution in [0.25, 0.3) is 0 Å². The molecule has 76 valence electrons. The average molecular weight is 201 g/mol. The molecule has 1 aromatic rings. The molecule has 0 heterocycles. The smallest absolute Gasteiger partial charge is 0.101 e. The Hall–Kier alpha value is -2.04. The number of aliphatic hydroxyl groups excluding tert-OH is 1. The maximum Gasteiger partial charge on any atom is 0.101 e. The van der Waals surface area contributed by atoms with E-state index in [1.54, 1.807) is 18.2 Å². The van der Waals surface area contributed by atoms with Crippen LogP contribution in [0.1, 0.15) is 17.5 Å². The Bertz CT molecular complexity index is 383. The summed E-state index contributed by atoms with van der Waals surface area (Å²) in [5.41, 5.74) is 1.45. The van der Waals surface area contributed by atoms with Gasteiger partial charge in [0.15, 0.2) is 0 Å². The van der Waals surface area contributed by atoms with Crippen molar-refractivity contribution in [3.05, 3.63) is 29.3 Å². The van der Waals surface area contributed by atoms with Gasteiger partial charge < -0.3 is 10.4 Å². The van der Waals surface area contributed by atoms with Crippen LogP contribution in [0.2, 0.25) is 0 Å². The van der Waals surface area contributed by atoms with Gasteiger partial charge in [0.1, 0.15) is 12.1 Å². The molecule has 0 spiro atoms. The molecule has 0 atom stereocenters. The lowest BCUT2D eigenvalue weighted by Gasteiger charge is -2.08. The molecule has 1 rings (SSSR count). The number of benzene rings is 1. The fourth-order valence-electron chi connectivity index (χ4n) is 1.22. The summed E-state index contributed by atoms with van der Waals surface area (Å²) in [4.78, 5) is 0. The van der Waals surface area contributed by atoms with Crippen molar-refractivity contribution in [1.29, 1.82) is 10.5 Å². The Morgan fingerprint density at radius 1 is 1.20 bits per heavy atom. The number of hydrogen-bond donors (Lipinski definition) is 2. The molecule has 0 aliphatic carbocycles. The van der Waals surface area contributed by atoms with Crippen LogP contribution >= 0.6 is 0 Å². The summed E-state index contributed by atoms with van der Waals surface area (Å²) in [5.74, 6) is 0. The van der Waals surface area contributed by atoms with Crippen molar-refractivity contribution < 1.29 is 5.11 Å². The van der Waals surface area contributed by atoms with E-state index in [-0.39, 0.29) is 6.61 Å². The van der Waals surface area contributed by atoms with E-state index in [0.29, 0.717) is 29.8 Å². The summed E-state index contributed by atoms with van der Waals surface area (Å²) in [5, 5.41) is 29.3. The van der Waals surface area contributed by atoms with Crippen molar-refractivity contribution in [3.63, 3.8) is 0 Å². The number of hydrogen-bond acceptors (Lipinski definition) is 4. The highest BCUT2D eigenvalue weighted by molar-refractivity contribution is 5.66. The second-order valence-electron chi connectivity index (χ2n) is 2.96. The molecule has 0 aromatic heterocycles. The van der Waals surface area contributed by atoms with Gasteiger partial charge in [-0.2, -0.15) is 10.5 Å². The largest absolute Gasteiger partial charge is 0.396 e. The molecule has 2 N–H and O–H groups in total. The molecular weight excluding hydrogens is 190 g/mol. The first-order chi connectivity index (χ1) is 7.33.